The maximum Gasteiger partial charge on any atom is 0.422 e. The summed E-state index contributed by atoms with van der Waals surface area (Å²) in [6.07, 6.45) is 1.03. The van der Waals surface area contributed by atoms with Crippen molar-refractivity contribution in [3.8, 4) is 5.88 Å². The molecule has 10 heteroatoms. The summed E-state index contributed by atoms with van der Waals surface area (Å²) >= 11 is 0. The minimum Gasteiger partial charge on any atom is -0.468 e. The van der Waals surface area contributed by atoms with Crippen LogP contribution in [0.25, 0.3) is 0 Å². The van der Waals surface area contributed by atoms with Crippen molar-refractivity contribution in [1.82, 2.24) is 14.9 Å². The minimum absolute atomic E-state index is 0.0980. The quantitative estimate of drug-likeness (QED) is 0.687. The molecule has 1 aliphatic carbocycles. The van der Waals surface area contributed by atoms with Crippen LogP contribution >= 0.6 is 0 Å². The Bertz CT molecular complexity index is 1050. The van der Waals surface area contributed by atoms with Crippen molar-refractivity contribution in [2.24, 2.45) is 5.92 Å². The van der Waals surface area contributed by atoms with Gasteiger partial charge >= 0.3 is 6.18 Å². The highest BCUT2D eigenvalue weighted by Crippen LogP contribution is 2.36. The zero-order valence-electron chi connectivity index (χ0n) is 17.7. The molecule has 1 saturated carbocycles. The number of carbonyl (C=O) groups is 2. The van der Waals surface area contributed by atoms with Crippen LogP contribution in [-0.4, -0.2) is 39.5 Å². The van der Waals surface area contributed by atoms with Crippen LogP contribution in [0, 0.1) is 12.8 Å². The molecule has 2 amide bonds. The van der Waals surface area contributed by atoms with Crippen molar-refractivity contribution < 1.29 is 27.5 Å². The van der Waals surface area contributed by atoms with E-state index in [9.17, 15) is 22.8 Å². The number of amides is 2. The van der Waals surface area contributed by atoms with Crippen LogP contribution in [-0.2, 0) is 11.3 Å². The van der Waals surface area contributed by atoms with E-state index in [1.807, 2.05) is 6.92 Å². The van der Waals surface area contributed by atoms with Crippen LogP contribution in [0.5, 0.6) is 5.88 Å². The molecule has 0 bridgehead atoms. The Labute approximate surface area is 183 Å². The molecule has 2 aromatic rings. The van der Waals surface area contributed by atoms with E-state index in [0.29, 0.717) is 40.4 Å². The summed E-state index contributed by atoms with van der Waals surface area (Å²) in [5, 5.41) is 2.83. The number of alkyl halides is 3. The van der Waals surface area contributed by atoms with Gasteiger partial charge in [0.15, 0.2) is 6.61 Å². The van der Waals surface area contributed by atoms with Crippen molar-refractivity contribution in [3.63, 3.8) is 0 Å². The summed E-state index contributed by atoms with van der Waals surface area (Å²) < 4.78 is 42.0. The predicted molar refractivity (Wildman–Crippen MR) is 109 cm³/mol. The first-order chi connectivity index (χ1) is 15.1. The number of ether oxygens (including phenoxy) is 1. The van der Waals surface area contributed by atoms with Crippen LogP contribution in [0.15, 0.2) is 24.5 Å². The van der Waals surface area contributed by atoms with E-state index in [-0.39, 0.29) is 24.2 Å². The molecule has 0 spiro atoms. The van der Waals surface area contributed by atoms with E-state index in [1.165, 1.54) is 12.4 Å². The normalized spacial score (nSPS) is 16.7. The SMILES string of the molecule is Cc1cc(C(C)N2Cc3c(ccnc3NC(=O)CC3CC3)C2=O)cnc1OCC(F)(F)F. The highest BCUT2D eigenvalue weighted by atomic mass is 19.4. The van der Waals surface area contributed by atoms with Crippen molar-refractivity contribution in [2.75, 3.05) is 11.9 Å². The molecule has 4 rings (SSSR count). The number of fused-ring (bicyclic) bond motifs is 1. The molecule has 1 unspecified atom stereocenters. The molecular formula is C22H23F3N4O3. The Morgan fingerprint density at radius 1 is 1.34 bits per heavy atom. The van der Waals surface area contributed by atoms with Crippen molar-refractivity contribution in [1.29, 1.82) is 0 Å². The number of nitrogens with one attached hydrogen (secondary N) is 1. The third kappa shape index (κ3) is 4.84. The molecule has 1 N–H and O–H groups in total. The maximum absolute atomic E-state index is 13.0. The predicted octanol–water partition coefficient (Wildman–Crippen LogP) is 4.18. The number of halogens is 3. The number of hydrogen-bond acceptors (Lipinski definition) is 5. The van der Waals surface area contributed by atoms with Gasteiger partial charge in [-0.2, -0.15) is 13.2 Å². The molecule has 7 nitrogen and oxygen atoms in total. The molecule has 0 aromatic carbocycles. The molecule has 170 valence electrons. The highest BCUT2D eigenvalue weighted by Gasteiger charge is 2.35. The van der Waals surface area contributed by atoms with Gasteiger partial charge < -0.3 is 15.0 Å². The van der Waals surface area contributed by atoms with E-state index in [1.54, 1.807) is 24.0 Å². The number of hydrogen-bond donors (Lipinski definition) is 1. The number of aryl methyl sites for hydroxylation is 1. The fraction of sp³-hybridized carbons (Fsp3) is 0.455. The molecule has 32 heavy (non-hydrogen) atoms. The van der Waals surface area contributed by atoms with Gasteiger partial charge in [0.2, 0.25) is 11.8 Å². The number of rotatable bonds is 7. The minimum atomic E-state index is -4.45. The lowest BCUT2D eigenvalue weighted by molar-refractivity contribution is -0.154. The molecule has 2 aromatic heterocycles. The molecule has 0 radical (unpaired) electrons. The lowest BCUT2D eigenvalue weighted by atomic mass is 10.1. The van der Waals surface area contributed by atoms with Crippen LogP contribution < -0.4 is 10.1 Å². The van der Waals surface area contributed by atoms with Gasteiger partial charge in [-0.15, -0.1) is 0 Å². The van der Waals surface area contributed by atoms with Gasteiger partial charge in [-0.1, -0.05) is 0 Å². The average Bonchev–Trinajstić information content (AvgIpc) is 3.47. The summed E-state index contributed by atoms with van der Waals surface area (Å²) in [5.74, 6) is 0.411. The van der Waals surface area contributed by atoms with Gasteiger partial charge in [0.25, 0.3) is 5.91 Å². The Morgan fingerprint density at radius 2 is 2.09 bits per heavy atom. The Morgan fingerprint density at radius 3 is 2.75 bits per heavy atom. The monoisotopic (exact) mass is 448 g/mol. The first-order valence-corrected chi connectivity index (χ1v) is 10.4. The Balaban J connectivity index is 1.49. The van der Waals surface area contributed by atoms with Gasteiger partial charge in [-0.05, 0) is 50.3 Å². The van der Waals surface area contributed by atoms with E-state index in [4.69, 9.17) is 4.74 Å². The Kier molecular flexibility index (Phi) is 5.79. The average molecular weight is 448 g/mol. The zero-order valence-corrected chi connectivity index (χ0v) is 17.7. The second kappa shape index (κ2) is 8.40. The lowest BCUT2D eigenvalue weighted by Crippen LogP contribution is -2.27. The van der Waals surface area contributed by atoms with Gasteiger partial charge in [0, 0.05) is 35.5 Å². The maximum atomic E-state index is 13.0. The van der Waals surface area contributed by atoms with Gasteiger partial charge in [0.1, 0.15) is 5.82 Å². The third-order valence-corrected chi connectivity index (χ3v) is 5.68. The molecule has 2 aliphatic rings. The summed E-state index contributed by atoms with van der Waals surface area (Å²) in [6, 6.07) is 2.89. The molecule has 1 aliphatic heterocycles. The Hall–Kier alpha value is -3.17. The number of anilines is 1. The summed E-state index contributed by atoms with van der Waals surface area (Å²) in [5.41, 5.74) is 2.24. The summed E-state index contributed by atoms with van der Waals surface area (Å²) in [7, 11) is 0. The fourth-order valence-electron chi connectivity index (χ4n) is 3.73. The van der Waals surface area contributed by atoms with E-state index >= 15 is 0 Å². The third-order valence-electron chi connectivity index (χ3n) is 5.68. The van der Waals surface area contributed by atoms with Crippen molar-refractivity contribution in [3.05, 3.63) is 46.8 Å². The van der Waals surface area contributed by atoms with Crippen LogP contribution in [0.4, 0.5) is 19.0 Å². The highest BCUT2D eigenvalue weighted by molar-refractivity contribution is 6.01. The second-order valence-corrected chi connectivity index (χ2v) is 8.28. The smallest absolute Gasteiger partial charge is 0.422 e. The fourth-order valence-corrected chi connectivity index (χ4v) is 3.73. The number of nitrogens with zero attached hydrogens (tertiary/aromatic N) is 3. The molecule has 3 heterocycles. The number of pyridine rings is 2. The zero-order chi connectivity index (χ0) is 23.0. The van der Waals surface area contributed by atoms with E-state index in [2.05, 4.69) is 15.3 Å². The van der Waals surface area contributed by atoms with E-state index in [0.717, 1.165) is 12.8 Å². The second-order valence-electron chi connectivity index (χ2n) is 8.28. The first-order valence-electron chi connectivity index (χ1n) is 10.4. The number of aromatic nitrogens is 2. The molecule has 0 saturated heterocycles. The topological polar surface area (TPSA) is 84.4 Å². The van der Waals surface area contributed by atoms with Crippen molar-refractivity contribution in [2.45, 2.75) is 51.9 Å². The first kappa shape index (κ1) is 22.0. The van der Waals surface area contributed by atoms with Gasteiger partial charge in [0.05, 0.1) is 12.6 Å². The lowest BCUT2D eigenvalue weighted by Gasteiger charge is -2.25. The van der Waals surface area contributed by atoms with Crippen LogP contribution in [0.1, 0.15) is 59.3 Å². The summed E-state index contributed by atoms with van der Waals surface area (Å²) in [4.78, 5) is 35.1. The van der Waals surface area contributed by atoms with E-state index < -0.39 is 18.8 Å². The molecule has 1 fully saturated rings. The molecular weight excluding hydrogens is 425 g/mol. The van der Waals surface area contributed by atoms with Gasteiger partial charge in [-0.3, -0.25) is 9.59 Å². The largest absolute Gasteiger partial charge is 0.468 e. The van der Waals surface area contributed by atoms with Crippen LogP contribution in [0.3, 0.4) is 0 Å². The van der Waals surface area contributed by atoms with Crippen molar-refractivity contribution >= 4 is 17.6 Å². The van der Waals surface area contributed by atoms with Crippen LogP contribution in [0.2, 0.25) is 0 Å². The number of carbonyl (C=O) groups excluding carboxylic acids is 2. The molecule has 1 atom stereocenters. The van der Waals surface area contributed by atoms with Gasteiger partial charge in [-0.25, -0.2) is 9.97 Å². The standard InChI is InChI=1S/C22H23F3N4O3/c1-12-7-15(9-27-20(12)32-11-22(23,24)25)13(2)29-10-17-16(21(29)31)5-6-26-19(17)28-18(30)8-14-3-4-14/h5-7,9,13-14H,3-4,8,10-11H2,1-2H3,(H,26,28,30). The summed E-state index contributed by atoms with van der Waals surface area (Å²) in [6.45, 7) is 2.26.